The minimum Gasteiger partial charge on any atom is -0.469 e. The zero-order valence-corrected chi connectivity index (χ0v) is 9.82. The van der Waals surface area contributed by atoms with Gasteiger partial charge in [-0.15, -0.1) is 0 Å². The highest BCUT2D eigenvalue weighted by Crippen LogP contribution is 2.17. The SMILES string of the molecule is CCc1cc(C#N)c(C=O)c(CC(=O)OC)c1. The number of hydrogen-bond donors (Lipinski definition) is 0. The number of nitriles is 1. The Morgan fingerprint density at radius 1 is 1.53 bits per heavy atom. The number of carbonyl (C=O) groups is 2. The first-order chi connectivity index (χ1) is 8.15. The summed E-state index contributed by atoms with van der Waals surface area (Å²) in [5, 5.41) is 8.96. The summed E-state index contributed by atoms with van der Waals surface area (Å²) < 4.78 is 4.56. The molecule has 1 aromatic rings. The van der Waals surface area contributed by atoms with E-state index in [1.165, 1.54) is 7.11 Å². The van der Waals surface area contributed by atoms with Crippen LogP contribution in [-0.4, -0.2) is 19.4 Å². The summed E-state index contributed by atoms with van der Waals surface area (Å²) in [6.07, 6.45) is 1.35. The summed E-state index contributed by atoms with van der Waals surface area (Å²) in [4.78, 5) is 22.2. The molecule has 0 aromatic heterocycles. The minimum atomic E-state index is -0.426. The van der Waals surface area contributed by atoms with E-state index in [1.54, 1.807) is 12.1 Å². The van der Waals surface area contributed by atoms with Crippen molar-refractivity contribution in [2.24, 2.45) is 0 Å². The third-order valence-corrected chi connectivity index (χ3v) is 2.53. The number of esters is 1. The molecule has 0 aliphatic heterocycles. The standard InChI is InChI=1S/C13H13NO3/c1-3-9-4-10(6-13(16)17-2)12(8-15)11(5-9)7-14/h4-5,8H,3,6H2,1-2H3. The van der Waals surface area contributed by atoms with E-state index < -0.39 is 5.97 Å². The predicted molar refractivity (Wildman–Crippen MR) is 61.6 cm³/mol. The number of methoxy groups -OCH3 is 1. The number of aldehydes is 1. The number of ether oxygens (including phenoxy) is 1. The van der Waals surface area contributed by atoms with E-state index in [-0.39, 0.29) is 12.0 Å². The van der Waals surface area contributed by atoms with Crippen LogP contribution in [0.25, 0.3) is 0 Å². The molecular weight excluding hydrogens is 218 g/mol. The van der Waals surface area contributed by atoms with Gasteiger partial charge in [-0.1, -0.05) is 13.0 Å². The van der Waals surface area contributed by atoms with Crippen LogP contribution in [-0.2, 0) is 22.4 Å². The molecule has 1 aromatic carbocycles. The molecule has 0 fully saturated rings. The van der Waals surface area contributed by atoms with Crippen molar-refractivity contribution in [3.05, 3.63) is 34.4 Å². The molecule has 0 atom stereocenters. The second-order valence-corrected chi connectivity index (χ2v) is 3.55. The maximum Gasteiger partial charge on any atom is 0.310 e. The van der Waals surface area contributed by atoms with Gasteiger partial charge in [-0.3, -0.25) is 9.59 Å². The zero-order chi connectivity index (χ0) is 12.8. The Balaban J connectivity index is 3.30. The monoisotopic (exact) mass is 231 g/mol. The second kappa shape index (κ2) is 5.80. The van der Waals surface area contributed by atoms with E-state index >= 15 is 0 Å². The number of carbonyl (C=O) groups excluding carboxylic acids is 2. The first kappa shape index (κ1) is 12.9. The van der Waals surface area contributed by atoms with Gasteiger partial charge in [0.15, 0.2) is 6.29 Å². The van der Waals surface area contributed by atoms with Crippen molar-refractivity contribution in [3.63, 3.8) is 0 Å². The number of benzene rings is 1. The van der Waals surface area contributed by atoms with Crippen LogP contribution in [0.5, 0.6) is 0 Å². The summed E-state index contributed by atoms with van der Waals surface area (Å²) >= 11 is 0. The Bertz CT molecular complexity index is 486. The van der Waals surface area contributed by atoms with Crippen molar-refractivity contribution in [1.82, 2.24) is 0 Å². The highest BCUT2D eigenvalue weighted by atomic mass is 16.5. The Hall–Kier alpha value is -2.15. The van der Waals surface area contributed by atoms with Gasteiger partial charge in [0, 0.05) is 5.56 Å². The Labute approximate surface area is 99.8 Å². The lowest BCUT2D eigenvalue weighted by Gasteiger charge is -2.08. The minimum absolute atomic E-state index is 0.00704. The average Bonchev–Trinajstić information content (AvgIpc) is 2.37. The quantitative estimate of drug-likeness (QED) is 0.583. The lowest BCUT2D eigenvalue weighted by Crippen LogP contribution is -2.08. The molecule has 0 aliphatic carbocycles. The summed E-state index contributed by atoms with van der Waals surface area (Å²) in [7, 11) is 1.29. The van der Waals surface area contributed by atoms with Crippen LogP contribution in [0.3, 0.4) is 0 Å². The van der Waals surface area contributed by atoms with Crippen molar-refractivity contribution in [2.45, 2.75) is 19.8 Å². The van der Waals surface area contributed by atoms with Gasteiger partial charge >= 0.3 is 5.97 Å². The highest BCUT2D eigenvalue weighted by Gasteiger charge is 2.13. The normalized spacial score (nSPS) is 9.47. The largest absolute Gasteiger partial charge is 0.469 e. The molecule has 0 bridgehead atoms. The topological polar surface area (TPSA) is 67.2 Å². The second-order valence-electron chi connectivity index (χ2n) is 3.55. The van der Waals surface area contributed by atoms with Crippen molar-refractivity contribution in [2.75, 3.05) is 7.11 Å². The van der Waals surface area contributed by atoms with Crippen LogP contribution in [0.4, 0.5) is 0 Å². The van der Waals surface area contributed by atoms with E-state index in [0.29, 0.717) is 17.4 Å². The molecular formula is C13H13NO3. The van der Waals surface area contributed by atoms with E-state index in [9.17, 15) is 9.59 Å². The summed E-state index contributed by atoms with van der Waals surface area (Å²) in [5.41, 5.74) is 2.04. The molecule has 1 rings (SSSR count). The van der Waals surface area contributed by atoms with E-state index in [1.807, 2.05) is 13.0 Å². The molecule has 0 saturated carbocycles. The van der Waals surface area contributed by atoms with Crippen LogP contribution in [0.2, 0.25) is 0 Å². The molecule has 0 radical (unpaired) electrons. The number of nitrogens with zero attached hydrogens (tertiary/aromatic N) is 1. The number of rotatable bonds is 4. The highest BCUT2D eigenvalue weighted by molar-refractivity contribution is 5.85. The van der Waals surface area contributed by atoms with Crippen LogP contribution in [0.1, 0.15) is 34.0 Å². The number of hydrogen-bond acceptors (Lipinski definition) is 4. The Morgan fingerprint density at radius 3 is 2.71 bits per heavy atom. The van der Waals surface area contributed by atoms with Gasteiger partial charge in [0.2, 0.25) is 0 Å². The van der Waals surface area contributed by atoms with Crippen LogP contribution < -0.4 is 0 Å². The van der Waals surface area contributed by atoms with E-state index in [0.717, 1.165) is 12.0 Å². The van der Waals surface area contributed by atoms with Crippen molar-refractivity contribution in [1.29, 1.82) is 5.26 Å². The lowest BCUT2D eigenvalue weighted by atomic mass is 9.96. The molecule has 0 heterocycles. The molecule has 4 nitrogen and oxygen atoms in total. The first-order valence-electron chi connectivity index (χ1n) is 5.24. The van der Waals surface area contributed by atoms with Gasteiger partial charge < -0.3 is 4.74 Å². The predicted octanol–water partition coefficient (Wildman–Crippen LogP) is 1.65. The fourth-order valence-electron chi connectivity index (χ4n) is 1.59. The Morgan fingerprint density at radius 2 is 2.24 bits per heavy atom. The maximum atomic E-state index is 11.2. The smallest absolute Gasteiger partial charge is 0.310 e. The van der Waals surface area contributed by atoms with Gasteiger partial charge in [-0.05, 0) is 23.6 Å². The molecule has 17 heavy (non-hydrogen) atoms. The fourth-order valence-corrected chi connectivity index (χ4v) is 1.59. The van der Waals surface area contributed by atoms with Crippen molar-refractivity contribution < 1.29 is 14.3 Å². The van der Waals surface area contributed by atoms with Gasteiger partial charge in [0.25, 0.3) is 0 Å². The fraction of sp³-hybridized carbons (Fsp3) is 0.308. The molecule has 0 aliphatic rings. The van der Waals surface area contributed by atoms with E-state index in [4.69, 9.17) is 5.26 Å². The zero-order valence-electron chi connectivity index (χ0n) is 9.82. The number of aryl methyl sites for hydroxylation is 1. The average molecular weight is 231 g/mol. The maximum absolute atomic E-state index is 11.2. The molecule has 0 unspecified atom stereocenters. The van der Waals surface area contributed by atoms with E-state index in [2.05, 4.69) is 4.74 Å². The van der Waals surface area contributed by atoms with Crippen LogP contribution in [0.15, 0.2) is 12.1 Å². The molecule has 0 saturated heterocycles. The molecule has 0 amide bonds. The molecule has 4 heteroatoms. The summed E-state index contributed by atoms with van der Waals surface area (Å²) in [6.45, 7) is 1.94. The lowest BCUT2D eigenvalue weighted by molar-refractivity contribution is -0.139. The third kappa shape index (κ3) is 2.91. The van der Waals surface area contributed by atoms with Gasteiger partial charge in [-0.2, -0.15) is 5.26 Å². The van der Waals surface area contributed by atoms with Crippen LogP contribution in [0, 0.1) is 11.3 Å². The van der Waals surface area contributed by atoms with Crippen LogP contribution >= 0.6 is 0 Å². The van der Waals surface area contributed by atoms with Crippen molar-refractivity contribution >= 4 is 12.3 Å². The third-order valence-electron chi connectivity index (χ3n) is 2.53. The molecule has 0 N–H and O–H groups in total. The molecule has 88 valence electrons. The van der Waals surface area contributed by atoms with Crippen molar-refractivity contribution in [3.8, 4) is 6.07 Å². The Kier molecular flexibility index (Phi) is 4.41. The molecule has 0 spiro atoms. The summed E-state index contributed by atoms with van der Waals surface area (Å²) in [5.74, 6) is -0.426. The summed E-state index contributed by atoms with van der Waals surface area (Å²) in [6, 6.07) is 5.41. The van der Waals surface area contributed by atoms with Gasteiger partial charge in [-0.25, -0.2) is 0 Å². The van der Waals surface area contributed by atoms with Gasteiger partial charge in [0.05, 0.1) is 25.2 Å². The van der Waals surface area contributed by atoms with Gasteiger partial charge in [0.1, 0.15) is 0 Å². The first-order valence-corrected chi connectivity index (χ1v) is 5.24.